The van der Waals surface area contributed by atoms with E-state index in [1.54, 1.807) is 91.0 Å². The van der Waals surface area contributed by atoms with Crippen LogP contribution in [-0.4, -0.2) is 137 Å². The van der Waals surface area contributed by atoms with Crippen molar-refractivity contribution in [3.8, 4) is 0 Å². The normalized spacial score (nSPS) is 24.1. The monoisotopic (exact) mass is 1460 g/mol. The summed E-state index contributed by atoms with van der Waals surface area (Å²) in [6, 6.07) is 93.5. The van der Waals surface area contributed by atoms with E-state index in [-0.39, 0.29) is 76.2 Å². The molecule has 19 nitrogen and oxygen atoms in total. The Morgan fingerprint density at radius 3 is 0.796 bits per heavy atom. The first-order chi connectivity index (χ1) is 53.3. The second-order valence-electron chi connectivity index (χ2n) is 26.3. The lowest BCUT2D eigenvalue weighted by Crippen LogP contribution is -2.65. The minimum absolute atomic E-state index is 0.0451. The minimum atomic E-state index is -1.61. The highest BCUT2D eigenvalue weighted by molar-refractivity contribution is 5.91. The van der Waals surface area contributed by atoms with E-state index in [0.29, 0.717) is 0 Å². The number of hydrogen-bond acceptors (Lipinski definition) is 19. The molecule has 0 bridgehead atoms. The van der Waals surface area contributed by atoms with Crippen molar-refractivity contribution in [2.45, 2.75) is 138 Å². The third-order valence-corrected chi connectivity index (χ3v) is 18.7. The Hall–Kier alpha value is -9.91. The maximum Gasteiger partial charge on any atom is 0.338 e. The van der Waals surface area contributed by atoms with Crippen LogP contribution in [0.5, 0.6) is 0 Å². The van der Waals surface area contributed by atoms with Gasteiger partial charge in [0.25, 0.3) is 0 Å². The highest BCUT2D eigenvalue weighted by atomic mass is 16.8. The highest BCUT2D eigenvalue weighted by Crippen LogP contribution is 2.38. The third-order valence-electron chi connectivity index (χ3n) is 18.7. The maximum absolute atomic E-state index is 14.7. The Morgan fingerprint density at radius 1 is 0.241 bits per heavy atom. The molecule has 3 fully saturated rings. The Morgan fingerprint density at radius 2 is 0.481 bits per heavy atom. The van der Waals surface area contributed by atoms with Crippen LogP contribution in [-0.2, 0) is 122 Å². The molecule has 3 heterocycles. The number of hydrogen-bond donors (Lipinski definition) is 0. The van der Waals surface area contributed by atoms with E-state index in [1.807, 2.05) is 212 Å². The van der Waals surface area contributed by atoms with Crippen LogP contribution in [0.15, 0.2) is 303 Å². The van der Waals surface area contributed by atoms with Gasteiger partial charge in [0.1, 0.15) is 54.9 Å². The average Bonchev–Trinajstić information content (AvgIpc) is 0.780. The molecule has 0 aromatic heterocycles. The average molecular weight is 1460 g/mol. The summed E-state index contributed by atoms with van der Waals surface area (Å²) in [5.41, 5.74) is 6.73. The fraction of sp³-hybridized carbons (Fsp3) is 0.292. The number of carbonyl (C=O) groups excluding carboxylic acids is 3. The molecule has 10 aromatic rings. The first-order valence-corrected chi connectivity index (χ1v) is 36.3. The fourth-order valence-electron chi connectivity index (χ4n) is 13.2. The molecule has 0 aliphatic carbocycles. The van der Waals surface area contributed by atoms with Crippen molar-refractivity contribution >= 4 is 17.9 Å². The minimum Gasteiger partial charge on any atom is -0.452 e. The topological polar surface area (TPSA) is 199 Å². The lowest BCUT2D eigenvalue weighted by molar-refractivity contribution is -0.358. The summed E-state index contributed by atoms with van der Waals surface area (Å²) in [7, 11) is 1.35. The summed E-state index contributed by atoms with van der Waals surface area (Å²) in [5, 5.41) is 0. The lowest BCUT2D eigenvalue weighted by Gasteiger charge is -2.48. The van der Waals surface area contributed by atoms with Gasteiger partial charge in [-0.15, -0.1) is 0 Å². The van der Waals surface area contributed by atoms with Crippen molar-refractivity contribution in [3.63, 3.8) is 0 Å². The van der Waals surface area contributed by atoms with Gasteiger partial charge in [0.15, 0.2) is 37.2 Å². The standard InChI is InChI=1S/C89H88O19/c1-93-87-83(108-86(92)71-50-30-11-31-51-71)80(107-85(91)70-48-28-10-29-49-70)77(106-84(90)69-46-26-9-27-47-69)74(103-87)61-102-89-82(100-58-68-44-24-8-25-45-68)79(98-56-66-40-20-6-21-41-66)76(96-54-64-36-16-4-17-37-64)73(105-89)60-101-88-81(99-57-67-42-22-7-23-43-67)78(97-55-65-38-18-5-19-39-65)75(95-53-63-34-14-3-15-35-63)72(104-88)59-94-52-62-32-12-2-13-33-62/h2-51,72-83,87-89H,52-61H2,1H3/t72-,73-,74-,75-,76-,77-,78+,79+,80+,81-,82-,83-,87+,88+,89+/m1/s1. The fourth-order valence-corrected chi connectivity index (χ4v) is 13.2. The largest absolute Gasteiger partial charge is 0.452 e. The van der Waals surface area contributed by atoms with Crippen molar-refractivity contribution in [2.75, 3.05) is 26.9 Å². The third kappa shape index (κ3) is 21.3. The predicted octanol–water partition coefficient (Wildman–Crippen LogP) is 14.2. The number of methoxy groups -OCH3 is 1. The molecular weight excluding hydrogens is 1370 g/mol. The molecule has 0 unspecified atom stereocenters. The number of benzene rings is 10. The van der Waals surface area contributed by atoms with Gasteiger partial charge in [-0.1, -0.05) is 267 Å². The molecular formula is C89H88O19. The van der Waals surface area contributed by atoms with Crippen molar-refractivity contribution in [1.29, 1.82) is 0 Å². The van der Waals surface area contributed by atoms with Crippen molar-refractivity contribution < 1.29 is 90.2 Å². The van der Waals surface area contributed by atoms with Gasteiger partial charge in [-0.3, -0.25) is 0 Å². The first-order valence-electron chi connectivity index (χ1n) is 36.3. The van der Waals surface area contributed by atoms with E-state index in [4.69, 9.17) is 75.8 Å². The van der Waals surface area contributed by atoms with Gasteiger partial charge in [0, 0.05) is 7.11 Å². The van der Waals surface area contributed by atoms with Crippen LogP contribution in [0.2, 0.25) is 0 Å². The van der Waals surface area contributed by atoms with Gasteiger partial charge in [0.2, 0.25) is 0 Å². The van der Waals surface area contributed by atoms with E-state index >= 15 is 0 Å². The van der Waals surface area contributed by atoms with Gasteiger partial charge >= 0.3 is 17.9 Å². The molecule has 108 heavy (non-hydrogen) atoms. The van der Waals surface area contributed by atoms with Crippen LogP contribution in [0, 0.1) is 0 Å². The number of ether oxygens (including phenoxy) is 16. The number of rotatable bonds is 35. The zero-order chi connectivity index (χ0) is 73.9. The van der Waals surface area contributed by atoms with Crippen molar-refractivity contribution in [2.24, 2.45) is 0 Å². The SMILES string of the molecule is CO[C@H]1O[C@H](CO[C@H]2O[C@H](CO[C@H]3O[C@H](COCc4ccccc4)[C@@H](OCc4ccccc4)[C@H](OCc4ccccc4)[C@H]3OCc3ccccc3)[C@@H](OCc3ccccc3)[C@H](OCc3ccccc3)[C@H]2OCc2ccccc2)[C@@H](OC(=O)c2ccccc2)[C@H](OC(=O)c2ccccc2)[C@H]1OC(=O)c1ccccc1. The summed E-state index contributed by atoms with van der Waals surface area (Å²) in [4.78, 5) is 43.5. The van der Waals surface area contributed by atoms with E-state index in [1.165, 1.54) is 7.11 Å². The summed E-state index contributed by atoms with van der Waals surface area (Å²) >= 11 is 0. The van der Waals surface area contributed by atoms with Gasteiger partial charge in [0.05, 0.1) is 82.8 Å². The molecule has 3 aliphatic rings. The van der Waals surface area contributed by atoms with E-state index in [2.05, 4.69) is 0 Å². The second kappa shape index (κ2) is 39.8. The van der Waals surface area contributed by atoms with Crippen molar-refractivity contribution in [1.82, 2.24) is 0 Å². The number of esters is 3. The lowest BCUT2D eigenvalue weighted by atomic mass is 9.96. The molecule has 13 rings (SSSR count). The Kier molecular flexibility index (Phi) is 28.1. The van der Waals surface area contributed by atoms with Crippen LogP contribution in [0.3, 0.4) is 0 Å². The van der Waals surface area contributed by atoms with Crippen LogP contribution in [0.1, 0.15) is 70.0 Å². The van der Waals surface area contributed by atoms with Crippen LogP contribution in [0.4, 0.5) is 0 Å². The quantitative estimate of drug-likeness (QED) is 0.0268. The molecule has 19 heteroatoms. The second-order valence-corrected chi connectivity index (χ2v) is 26.3. The number of carbonyl (C=O) groups is 3. The van der Waals surface area contributed by atoms with Gasteiger partial charge in [-0.25, -0.2) is 14.4 Å². The smallest absolute Gasteiger partial charge is 0.338 e. The highest BCUT2D eigenvalue weighted by Gasteiger charge is 2.56. The molecule has 0 radical (unpaired) electrons. The zero-order valence-electron chi connectivity index (χ0n) is 59.9. The first kappa shape index (κ1) is 76.3. The van der Waals surface area contributed by atoms with E-state index in [0.717, 1.165) is 38.9 Å². The molecule has 15 atom stereocenters. The van der Waals surface area contributed by atoms with Gasteiger partial charge in [-0.05, 0) is 75.3 Å². The molecule has 0 saturated carbocycles. The predicted molar refractivity (Wildman–Crippen MR) is 398 cm³/mol. The molecule has 558 valence electrons. The van der Waals surface area contributed by atoms with Crippen LogP contribution >= 0.6 is 0 Å². The summed E-state index contributed by atoms with van der Waals surface area (Å²) < 4.78 is 111. The molecule has 10 aromatic carbocycles. The summed E-state index contributed by atoms with van der Waals surface area (Å²) in [5.74, 6) is -2.44. The van der Waals surface area contributed by atoms with E-state index < -0.39 is 117 Å². The van der Waals surface area contributed by atoms with Gasteiger partial charge < -0.3 is 75.8 Å². The summed E-state index contributed by atoms with van der Waals surface area (Å²) in [6.07, 6.45) is -18.0. The van der Waals surface area contributed by atoms with E-state index in [9.17, 15) is 14.4 Å². The Bertz CT molecular complexity index is 4260. The van der Waals surface area contributed by atoms with Crippen LogP contribution < -0.4 is 0 Å². The Balaban J connectivity index is 0.893. The molecule has 0 amide bonds. The molecule has 0 spiro atoms. The van der Waals surface area contributed by atoms with Crippen LogP contribution in [0.25, 0.3) is 0 Å². The molecule has 0 N–H and O–H groups in total. The van der Waals surface area contributed by atoms with Gasteiger partial charge in [-0.2, -0.15) is 0 Å². The Labute approximate surface area is 629 Å². The molecule has 3 saturated heterocycles. The van der Waals surface area contributed by atoms with Crippen molar-refractivity contribution in [3.05, 3.63) is 359 Å². The molecule has 3 aliphatic heterocycles. The maximum atomic E-state index is 14.7. The zero-order valence-corrected chi connectivity index (χ0v) is 59.9. The summed E-state index contributed by atoms with van der Waals surface area (Å²) in [6.45, 7) is 0.307.